The SMILES string of the molecule is O=C(NCCn1cc(C(=O)O)nn1)NCc1ccoc1. The molecule has 0 unspecified atom stereocenters. The van der Waals surface area contributed by atoms with Crippen molar-refractivity contribution in [2.45, 2.75) is 13.1 Å². The molecule has 0 saturated heterocycles. The van der Waals surface area contributed by atoms with Crippen molar-refractivity contribution in [1.29, 1.82) is 0 Å². The van der Waals surface area contributed by atoms with Crippen LogP contribution in [0.5, 0.6) is 0 Å². The number of aromatic nitrogens is 3. The van der Waals surface area contributed by atoms with E-state index in [2.05, 4.69) is 20.9 Å². The standard InChI is InChI=1S/C11H13N5O4/c17-10(18)9-6-16(15-14-9)3-2-12-11(19)13-5-8-1-4-20-7-8/h1,4,6-7H,2-3,5H2,(H,17,18)(H2,12,13,19). The maximum atomic E-state index is 11.4. The van der Waals surface area contributed by atoms with E-state index < -0.39 is 5.97 Å². The van der Waals surface area contributed by atoms with Gasteiger partial charge in [0.2, 0.25) is 0 Å². The lowest BCUT2D eigenvalue weighted by molar-refractivity contribution is 0.0690. The summed E-state index contributed by atoms with van der Waals surface area (Å²) in [6.45, 7) is 1.01. The molecule has 0 radical (unpaired) electrons. The molecule has 2 amide bonds. The molecule has 9 nitrogen and oxygen atoms in total. The second-order valence-corrected chi connectivity index (χ2v) is 3.91. The fraction of sp³-hybridized carbons (Fsp3) is 0.273. The van der Waals surface area contributed by atoms with E-state index in [1.54, 1.807) is 12.3 Å². The molecule has 3 N–H and O–H groups in total. The predicted molar refractivity (Wildman–Crippen MR) is 65.9 cm³/mol. The molecule has 0 spiro atoms. The van der Waals surface area contributed by atoms with Gasteiger partial charge < -0.3 is 20.2 Å². The minimum absolute atomic E-state index is 0.130. The molecule has 0 fully saturated rings. The number of furan rings is 1. The van der Waals surface area contributed by atoms with Gasteiger partial charge in [-0.15, -0.1) is 5.10 Å². The average Bonchev–Trinajstić information content (AvgIpc) is 3.07. The van der Waals surface area contributed by atoms with Crippen molar-refractivity contribution in [2.75, 3.05) is 6.54 Å². The van der Waals surface area contributed by atoms with E-state index in [-0.39, 0.29) is 11.7 Å². The van der Waals surface area contributed by atoms with E-state index in [0.717, 1.165) is 5.56 Å². The van der Waals surface area contributed by atoms with E-state index >= 15 is 0 Å². The van der Waals surface area contributed by atoms with Gasteiger partial charge in [-0.2, -0.15) is 0 Å². The van der Waals surface area contributed by atoms with Crippen LogP contribution in [0.3, 0.4) is 0 Å². The van der Waals surface area contributed by atoms with Gasteiger partial charge in [0.05, 0.1) is 25.3 Å². The van der Waals surface area contributed by atoms with Crippen molar-refractivity contribution in [3.63, 3.8) is 0 Å². The highest BCUT2D eigenvalue weighted by atomic mass is 16.4. The smallest absolute Gasteiger partial charge is 0.358 e. The lowest BCUT2D eigenvalue weighted by Crippen LogP contribution is -2.36. The lowest BCUT2D eigenvalue weighted by Gasteiger charge is -2.06. The first-order chi connectivity index (χ1) is 9.65. The number of urea groups is 1. The van der Waals surface area contributed by atoms with Crippen molar-refractivity contribution in [2.24, 2.45) is 0 Å². The zero-order valence-corrected chi connectivity index (χ0v) is 10.4. The van der Waals surface area contributed by atoms with Crippen molar-refractivity contribution in [1.82, 2.24) is 25.6 Å². The van der Waals surface area contributed by atoms with E-state index in [0.29, 0.717) is 19.6 Å². The maximum Gasteiger partial charge on any atom is 0.358 e. The van der Waals surface area contributed by atoms with Gasteiger partial charge in [0.1, 0.15) is 0 Å². The number of rotatable bonds is 6. The van der Waals surface area contributed by atoms with Crippen LogP contribution < -0.4 is 10.6 Å². The molecule has 0 aliphatic heterocycles. The summed E-state index contributed by atoms with van der Waals surface area (Å²) in [5.74, 6) is -1.14. The topological polar surface area (TPSA) is 122 Å². The summed E-state index contributed by atoms with van der Waals surface area (Å²) in [4.78, 5) is 22.0. The molecule has 2 aromatic rings. The Morgan fingerprint density at radius 3 is 2.90 bits per heavy atom. The van der Waals surface area contributed by atoms with E-state index in [4.69, 9.17) is 9.52 Å². The predicted octanol–water partition coefficient (Wildman–Crippen LogP) is 0.0687. The molecule has 2 aromatic heterocycles. The van der Waals surface area contributed by atoms with Gasteiger partial charge >= 0.3 is 12.0 Å². The normalized spacial score (nSPS) is 10.2. The van der Waals surface area contributed by atoms with Gasteiger partial charge in [0, 0.05) is 18.7 Å². The zero-order chi connectivity index (χ0) is 14.4. The molecule has 9 heteroatoms. The second-order valence-electron chi connectivity index (χ2n) is 3.91. The van der Waals surface area contributed by atoms with Gasteiger partial charge in [-0.25, -0.2) is 14.3 Å². The van der Waals surface area contributed by atoms with Crippen LogP contribution in [0, 0.1) is 0 Å². The molecule has 0 aliphatic rings. The summed E-state index contributed by atoms with van der Waals surface area (Å²) in [5.41, 5.74) is 0.733. The number of carboxylic acids is 1. The number of hydrogen-bond donors (Lipinski definition) is 3. The van der Waals surface area contributed by atoms with Crippen LogP contribution in [0.2, 0.25) is 0 Å². The number of carbonyl (C=O) groups is 2. The van der Waals surface area contributed by atoms with Gasteiger partial charge in [0.15, 0.2) is 5.69 Å². The molecule has 0 atom stereocenters. The van der Waals surface area contributed by atoms with Crippen molar-refractivity contribution >= 4 is 12.0 Å². The largest absolute Gasteiger partial charge is 0.476 e. The fourth-order valence-electron chi connectivity index (χ4n) is 1.43. The summed E-state index contributed by atoms with van der Waals surface area (Å²) in [6.07, 6.45) is 4.37. The molecule has 0 aliphatic carbocycles. The third-order valence-corrected chi connectivity index (χ3v) is 2.42. The van der Waals surface area contributed by atoms with E-state index in [1.165, 1.54) is 17.1 Å². The number of amides is 2. The van der Waals surface area contributed by atoms with Gasteiger partial charge in [0.25, 0.3) is 0 Å². The average molecular weight is 279 g/mol. The summed E-state index contributed by atoms with van der Waals surface area (Å²) in [7, 11) is 0. The Morgan fingerprint density at radius 2 is 2.25 bits per heavy atom. The van der Waals surface area contributed by atoms with Gasteiger partial charge in [-0.05, 0) is 6.07 Å². The molecule has 2 rings (SSSR count). The minimum atomic E-state index is -1.14. The summed E-state index contributed by atoms with van der Waals surface area (Å²) >= 11 is 0. The number of aromatic carboxylic acids is 1. The van der Waals surface area contributed by atoms with Crippen LogP contribution in [0.1, 0.15) is 16.1 Å². The molecule has 0 bridgehead atoms. The summed E-state index contributed by atoms with van der Waals surface area (Å²) < 4.78 is 6.22. The van der Waals surface area contributed by atoms with E-state index in [1.807, 2.05) is 0 Å². The highest BCUT2D eigenvalue weighted by Crippen LogP contribution is 1.98. The van der Waals surface area contributed by atoms with Crippen molar-refractivity contribution < 1.29 is 19.1 Å². The minimum Gasteiger partial charge on any atom is -0.476 e. The number of nitrogens with one attached hydrogen (secondary N) is 2. The van der Waals surface area contributed by atoms with Gasteiger partial charge in [-0.1, -0.05) is 5.21 Å². The molecule has 20 heavy (non-hydrogen) atoms. The Hall–Kier alpha value is -2.84. The maximum absolute atomic E-state index is 11.4. The van der Waals surface area contributed by atoms with Crippen LogP contribution in [0.4, 0.5) is 4.79 Å². The third-order valence-electron chi connectivity index (χ3n) is 2.42. The summed E-state index contributed by atoms with van der Waals surface area (Å²) in [6, 6.07) is 1.42. The Balaban J connectivity index is 1.67. The number of carboxylic acid groups (broad SMARTS) is 1. The Kier molecular flexibility index (Phi) is 4.32. The Bertz CT molecular complexity index is 577. The van der Waals surface area contributed by atoms with Crippen LogP contribution in [-0.4, -0.2) is 38.6 Å². The van der Waals surface area contributed by atoms with Crippen LogP contribution >= 0.6 is 0 Å². The first kappa shape index (κ1) is 13.6. The molecular formula is C11H13N5O4. The third kappa shape index (κ3) is 3.83. The van der Waals surface area contributed by atoms with Crippen molar-refractivity contribution in [3.05, 3.63) is 36.0 Å². The lowest BCUT2D eigenvalue weighted by atomic mass is 10.3. The molecule has 0 saturated carbocycles. The number of hydrogen-bond acceptors (Lipinski definition) is 5. The van der Waals surface area contributed by atoms with Gasteiger partial charge in [-0.3, -0.25) is 0 Å². The highest BCUT2D eigenvalue weighted by Gasteiger charge is 2.08. The quantitative estimate of drug-likeness (QED) is 0.687. The first-order valence-electron chi connectivity index (χ1n) is 5.81. The highest BCUT2D eigenvalue weighted by molar-refractivity contribution is 5.84. The molecule has 106 valence electrons. The van der Waals surface area contributed by atoms with Crippen LogP contribution in [0.25, 0.3) is 0 Å². The first-order valence-corrected chi connectivity index (χ1v) is 5.81. The van der Waals surface area contributed by atoms with Crippen LogP contribution in [-0.2, 0) is 13.1 Å². The Morgan fingerprint density at radius 1 is 1.40 bits per heavy atom. The monoisotopic (exact) mass is 279 g/mol. The van der Waals surface area contributed by atoms with Crippen LogP contribution in [0.15, 0.2) is 29.2 Å². The Labute approximate surface area is 113 Å². The zero-order valence-electron chi connectivity index (χ0n) is 10.4. The number of nitrogens with zero attached hydrogens (tertiary/aromatic N) is 3. The molecule has 2 heterocycles. The molecule has 0 aromatic carbocycles. The van der Waals surface area contributed by atoms with E-state index in [9.17, 15) is 9.59 Å². The summed E-state index contributed by atoms with van der Waals surface area (Å²) in [5, 5.41) is 21.0. The fourth-order valence-corrected chi connectivity index (χ4v) is 1.43. The molecular weight excluding hydrogens is 266 g/mol. The van der Waals surface area contributed by atoms with Crippen molar-refractivity contribution in [3.8, 4) is 0 Å². The number of carbonyl (C=O) groups excluding carboxylic acids is 1. The second kappa shape index (κ2) is 6.36.